The SMILES string of the molecule is C#CCN(CC(=O)O)C(=O)NCCC(=O)NC. The largest absolute Gasteiger partial charge is 0.480 e. The molecule has 0 heterocycles. The molecule has 0 aromatic carbocycles. The van der Waals surface area contributed by atoms with E-state index in [1.807, 2.05) is 0 Å². The number of carbonyl (C=O) groups is 3. The number of urea groups is 1. The van der Waals surface area contributed by atoms with Crippen LogP contribution in [0.2, 0.25) is 0 Å². The van der Waals surface area contributed by atoms with Crippen LogP contribution in [0.15, 0.2) is 0 Å². The zero-order chi connectivity index (χ0) is 13.3. The van der Waals surface area contributed by atoms with Gasteiger partial charge in [0.1, 0.15) is 6.54 Å². The minimum atomic E-state index is -1.15. The number of nitrogens with zero attached hydrogens (tertiary/aromatic N) is 1. The number of aliphatic carboxylic acids is 1. The first-order valence-electron chi connectivity index (χ1n) is 4.89. The molecule has 0 radical (unpaired) electrons. The van der Waals surface area contributed by atoms with Crippen LogP contribution < -0.4 is 10.6 Å². The molecule has 0 aliphatic rings. The van der Waals surface area contributed by atoms with Gasteiger partial charge in [-0.3, -0.25) is 9.59 Å². The fraction of sp³-hybridized carbons (Fsp3) is 0.500. The van der Waals surface area contributed by atoms with Gasteiger partial charge in [0.2, 0.25) is 5.91 Å². The van der Waals surface area contributed by atoms with E-state index in [0.717, 1.165) is 4.90 Å². The third-order valence-corrected chi connectivity index (χ3v) is 1.80. The van der Waals surface area contributed by atoms with E-state index >= 15 is 0 Å². The van der Waals surface area contributed by atoms with E-state index in [9.17, 15) is 14.4 Å². The highest BCUT2D eigenvalue weighted by atomic mass is 16.4. The normalized spacial score (nSPS) is 8.94. The van der Waals surface area contributed by atoms with Crippen LogP contribution in [-0.4, -0.2) is 54.6 Å². The smallest absolute Gasteiger partial charge is 0.323 e. The van der Waals surface area contributed by atoms with Gasteiger partial charge in [0.25, 0.3) is 0 Å². The van der Waals surface area contributed by atoms with Crippen LogP contribution in [0.1, 0.15) is 6.42 Å². The number of carboxylic acids is 1. The van der Waals surface area contributed by atoms with Gasteiger partial charge in [-0.05, 0) is 0 Å². The predicted molar refractivity (Wildman–Crippen MR) is 60.1 cm³/mol. The zero-order valence-electron chi connectivity index (χ0n) is 9.52. The van der Waals surface area contributed by atoms with E-state index in [1.54, 1.807) is 0 Å². The lowest BCUT2D eigenvalue weighted by atomic mass is 10.4. The standard InChI is InChI=1S/C10H15N3O4/c1-3-6-13(7-9(15)16)10(17)12-5-4-8(14)11-2/h1H,4-7H2,2H3,(H,11,14)(H,12,17)(H,15,16). The van der Waals surface area contributed by atoms with E-state index in [4.69, 9.17) is 11.5 Å². The maximum Gasteiger partial charge on any atom is 0.323 e. The maximum absolute atomic E-state index is 11.5. The summed E-state index contributed by atoms with van der Waals surface area (Å²) in [7, 11) is 1.49. The number of hydrogen-bond acceptors (Lipinski definition) is 3. The molecule has 7 nitrogen and oxygen atoms in total. The number of rotatable bonds is 6. The molecule has 0 aromatic rings. The molecule has 0 aliphatic carbocycles. The molecular formula is C10H15N3O4. The molecule has 7 heteroatoms. The highest BCUT2D eigenvalue weighted by molar-refractivity contribution is 5.81. The Labute approximate surface area is 99.2 Å². The zero-order valence-corrected chi connectivity index (χ0v) is 9.52. The van der Waals surface area contributed by atoms with Gasteiger partial charge in [-0.15, -0.1) is 6.42 Å². The quantitative estimate of drug-likeness (QED) is 0.511. The molecule has 0 unspecified atom stereocenters. The first-order chi connectivity index (χ1) is 8.01. The van der Waals surface area contributed by atoms with Crippen LogP contribution in [0.3, 0.4) is 0 Å². The topological polar surface area (TPSA) is 98.7 Å². The average Bonchev–Trinajstić information content (AvgIpc) is 2.27. The van der Waals surface area contributed by atoms with Gasteiger partial charge >= 0.3 is 12.0 Å². The summed E-state index contributed by atoms with van der Waals surface area (Å²) >= 11 is 0. The van der Waals surface area contributed by atoms with E-state index in [1.165, 1.54) is 7.05 Å². The van der Waals surface area contributed by atoms with Crippen molar-refractivity contribution in [1.29, 1.82) is 0 Å². The minimum absolute atomic E-state index is 0.0991. The third-order valence-electron chi connectivity index (χ3n) is 1.80. The number of carboxylic acid groups (broad SMARTS) is 1. The van der Waals surface area contributed by atoms with Gasteiger partial charge in [-0.2, -0.15) is 0 Å². The van der Waals surface area contributed by atoms with Crippen molar-refractivity contribution in [3.8, 4) is 12.3 Å². The molecule has 3 N–H and O–H groups in total. The Morgan fingerprint density at radius 1 is 1.41 bits per heavy atom. The fourth-order valence-electron chi connectivity index (χ4n) is 0.993. The summed E-state index contributed by atoms with van der Waals surface area (Å²) in [5.41, 5.74) is 0. The maximum atomic E-state index is 11.5. The molecule has 0 saturated heterocycles. The lowest BCUT2D eigenvalue weighted by Gasteiger charge is -2.18. The molecule has 0 aromatic heterocycles. The highest BCUT2D eigenvalue weighted by Gasteiger charge is 2.15. The van der Waals surface area contributed by atoms with Crippen LogP contribution in [0.4, 0.5) is 4.79 Å². The van der Waals surface area contributed by atoms with Crippen molar-refractivity contribution in [2.24, 2.45) is 0 Å². The van der Waals surface area contributed by atoms with Crippen molar-refractivity contribution in [3.05, 3.63) is 0 Å². The van der Waals surface area contributed by atoms with E-state index in [2.05, 4.69) is 16.6 Å². The molecule has 17 heavy (non-hydrogen) atoms. The fourth-order valence-corrected chi connectivity index (χ4v) is 0.993. The van der Waals surface area contributed by atoms with Crippen molar-refractivity contribution in [1.82, 2.24) is 15.5 Å². The number of carbonyl (C=O) groups excluding carboxylic acids is 2. The predicted octanol–water partition coefficient (Wildman–Crippen LogP) is -1.15. The minimum Gasteiger partial charge on any atom is -0.480 e. The molecule has 0 saturated carbocycles. The highest BCUT2D eigenvalue weighted by Crippen LogP contribution is 1.89. The van der Waals surface area contributed by atoms with Crippen molar-refractivity contribution in [3.63, 3.8) is 0 Å². The Morgan fingerprint density at radius 2 is 2.06 bits per heavy atom. The average molecular weight is 241 g/mol. The van der Waals surface area contributed by atoms with Gasteiger partial charge in [0, 0.05) is 20.0 Å². The summed E-state index contributed by atoms with van der Waals surface area (Å²) in [5, 5.41) is 13.4. The summed E-state index contributed by atoms with van der Waals surface area (Å²) in [6.07, 6.45) is 5.14. The monoisotopic (exact) mass is 241 g/mol. The van der Waals surface area contributed by atoms with Gasteiger partial charge in [-0.1, -0.05) is 5.92 Å². The summed E-state index contributed by atoms with van der Waals surface area (Å²) in [6, 6.07) is -0.603. The first kappa shape index (κ1) is 14.8. The molecule has 3 amide bonds. The first-order valence-corrected chi connectivity index (χ1v) is 4.89. The van der Waals surface area contributed by atoms with Gasteiger partial charge in [0.15, 0.2) is 0 Å². The van der Waals surface area contributed by atoms with Gasteiger partial charge in [-0.25, -0.2) is 4.79 Å². The number of hydrogen-bond donors (Lipinski definition) is 3. The van der Waals surface area contributed by atoms with E-state index < -0.39 is 18.5 Å². The Hall–Kier alpha value is -2.23. The van der Waals surface area contributed by atoms with Crippen LogP contribution in [-0.2, 0) is 9.59 Å². The van der Waals surface area contributed by atoms with Crippen LogP contribution >= 0.6 is 0 Å². The van der Waals surface area contributed by atoms with Crippen molar-refractivity contribution in [2.45, 2.75) is 6.42 Å². The molecule has 0 aliphatic heterocycles. The summed E-state index contributed by atoms with van der Waals surface area (Å²) < 4.78 is 0. The molecule has 0 rings (SSSR count). The molecular weight excluding hydrogens is 226 g/mol. The molecule has 94 valence electrons. The number of nitrogens with one attached hydrogen (secondary N) is 2. The lowest BCUT2D eigenvalue weighted by molar-refractivity contribution is -0.137. The number of amides is 3. The van der Waals surface area contributed by atoms with Gasteiger partial charge < -0.3 is 20.6 Å². The lowest BCUT2D eigenvalue weighted by Crippen LogP contribution is -2.43. The van der Waals surface area contributed by atoms with Crippen molar-refractivity contribution in [2.75, 3.05) is 26.7 Å². The second-order valence-electron chi connectivity index (χ2n) is 3.11. The Morgan fingerprint density at radius 3 is 2.53 bits per heavy atom. The molecule has 0 fully saturated rings. The van der Waals surface area contributed by atoms with Crippen LogP contribution in [0.5, 0.6) is 0 Å². The van der Waals surface area contributed by atoms with Crippen molar-refractivity contribution >= 4 is 17.9 Å². The Kier molecular flexibility index (Phi) is 6.94. The summed E-state index contributed by atoms with van der Waals surface area (Å²) in [4.78, 5) is 33.8. The molecule has 0 bridgehead atoms. The van der Waals surface area contributed by atoms with Gasteiger partial charge in [0.05, 0.1) is 6.54 Å². The van der Waals surface area contributed by atoms with Crippen molar-refractivity contribution < 1.29 is 19.5 Å². The number of terminal acetylenes is 1. The summed E-state index contributed by atoms with van der Waals surface area (Å²) in [6.45, 7) is -0.451. The van der Waals surface area contributed by atoms with E-state index in [0.29, 0.717) is 0 Å². The van der Waals surface area contributed by atoms with Crippen LogP contribution in [0, 0.1) is 12.3 Å². The third kappa shape index (κ3) is 6.78. The van der Waals surface area contributed by atoms with Crippen LogP contribution in [0.25, 0.3) is 0 Å². The second kappa shape index (κ2) is 7.98. The second-order valence-corrected chi connectivity index (χ2v) is 3.11. The Balaban J connectivity index is 4.10. The summed E-state index contributed by atoms with van der Waals surface area (Å²) in [5.74, 6) is 0.820. The molecule has 0 spiro atoms. The Bertz CT molecular complexity index is 335. The van der Waals surface area contributed by atoms with E-state index in [-0.39, 0.29) is 25.4 Å². The molecule has 0 atom stereocenters.